The summed E-state index contributed by atoms with van der Waals surface area (Å²) < 4.78 is 34.4. The summed E-state index contributed by atoms with van der Waals surface area (Å²) in [5.74, 6) is 0.344. The Bertz CT molecular complexity index is 769. The molecule has 0 spiro atoms. The first-order valence-electron chi connectivity index (χ1n) is 7.17. The first kappa shape index (κ1) is 17.5. The third-order valence-corrected chi connectivity index (χ3v) is 4.41. The molecule has 0 heterocycles. The average Bonchev–Trinajstić information content (AvgIpc) is 2.52. The molecule has 6 heteroatoms. The van der Waals surface area contributed by atoms with Crippen molar-refractivity contribution in [2.45, 2.75) is 18.7 Å². The Kier molecular flexibility index (Phi) is 5.80. The fourth-order valence-corrected chi connectivity index (χ4v) is 2.84. The maximum atomic E-state index is 12.5. The lowest BCUT2D eigenvalue weighted by atomic mass is 10.2. The Hall–Kier alpha value is -1.85. The summed E-state index contributed by atoms with van der Waals surface area (Å²) in [5, 5.41) is 0.465. The molecule has 122 valence electrons. The number of hydrogen-bond acceptors (Lipinski definition) is 3. The molecule has 23 heavy (non-hydrogen) atoms. The van der Waals surface area contributed by atoms with Gasteiger partial charge < -0.3 is 4.74 Å². The Balaban J connectivity index is 2.40. The highest BCUT2D eigenvalue weighted by molar-refractivity contribution is 7.90. The summed E-state index contributed by atoms with van der Waals surface area (Å²) in [6.07, 6.45) is 0. The molecule has 0 aliphatic carbocycles. The van der Waals surface area contributed by atoms with Crippen LogP contribution >= 0.6 is 11.6 Å². The quantitative estimate of drug-likeness (QED) is 0.600. The molecule has 0 aromatic heterocycles. The summed E-state index contributed by atoms with van der Waals surface area (Å²) >= 11 is 5.79. The Morgan fingerprint density at radius 3 is 2.26 bits per heavy atom. The molecule has 0 fully saturated rings. The van der Waals surface area contributed by atoms with Gasteiger partial charge in [-0.05, 0) is 42.3 Å². The molecule has 0 radical (unpaired) electrons. The van der Waals surface area contributed by atoms with Crippen LogP contribution in [0.15, 0.2) is 63.9 Å². The normalized spacial score (nSPS) is 12.4. The predicted octanol–water partition coefficient (Wildman–Crippen LogP) is 4.15. The molecule has 0 aliphatic rings. The molecular formula is C17H18ClNO3S. The topological polar surface area (TPSA) is 55.7 Å². The van der Waals surface area contributed by atoms with E-state index < -0.39 is 10.0 Å². The van der Waals surface area contributed by atoms with Crippen molar-refractivity contribution in [1.82, 2.24) is 0 Å². The highest BCUT2D eigenvalue weighted by Gasteiger charge is 2.17. The minimum absolute atomic E-state index is 0.0727. The fraction of sp³-hybridized carbons (Fsp3) is 0.235. The van der Waals surface area contributed by atoms with Crippen LogP contribution < -0.4 is 0 Å². The van der Waals surface area contributed by atoms with Crippen molar-refractivity contribution < 1.29 is 13.2 Å². The maximum absolute atomic E-state index is 12.5. The van der Waals surface area contributed by atoms with Gasteiger partial charge in [-0.1, -0.05) is 43.6 Å². The van der Waals surface area contributed by atoms with Gasteiger partial charge in [0.25, 0.3) is 10.0 Å². The second-order valence-corrected chi connectivity index (χ2v) is 7.44. The van der Waals surface area contributed by atoms with E-state index in [2.05, 4.69) is 4.40 Å². The lowest BCUT2D eigenvalue weighted by molar-refractivity contribution is 0.260. The van der Waals surface area contributed by atoms with E-state index in [1.165, 1.54) is 24.3 Å². The van der Waals surface area contributed by atoms with Crippen LogP contribution in [0.2, 0.25) is 5.02 Å². The van der Waals surface area contributed by atoms with Crippen molar-refractivity contribution in [3.05, 3.63) is 65.2 Å². The standard InChI is InChI=1S/C17H18ClNO3S/c1-13(2)12-22-17(14-6-4-3-5-7-14)19-23(20,21)16-10-8-15(18)9-11-16/h3-11,13H,12H2,1-2H3/b19-17-. The number of rotatable bonds is 5. The fourth-order valence-electron chi connectivity index (χ4n) is 1.76. The number of benzene rings is 2. The zero-order valence-electron chi connectivity index (χ0n) is 12.9. The van der Waals surface area contributed by atoms with Crippen LogP contribution in [-0.4, -0.2) is 20.9 Å². The van der Waals surface area contributed by atoms with Gasteiger partial charge in [0, 0.05) is 10.6 Å². The van der Waals surface area contributed by atoms with Gasteiger partial charge in [0.05, 0.1) is 11.5 Å². The summed E-state index contributed by atoms with van der Waals surface area (Å²) in [5.41, 5.74) is 0.616. The van der Waals surface area contributed by atoms with Gasteiger partial charge in [-0.3, -0.25) is 0 Å². The molecule has 0 saturated heterocycles. The molecular weight excluding hydrogens is 334 g/mol. The van der Waals surface area contributed by atoms with E-state index in [9.17, 15) is 8.42 Å². The van der Waals surface area contributed by atoms with Gasteiger partial charge in [-0.15, -0.1) is 4.40 Å². The monoisotopic (exact) mass is 351 g/mol. The largest absolute Gasteiger partial charge is 0.476 e. The second-order valence-electron chi connectivity index (χ2n) is 5.40. The third kappa shape index (κ3) is 5.08. The van der Waals surface area contributed by atoms with Crippen LogP contribution in [0.1, 0.15) is 19.4 Å². The summed E-state index contributed by atoms with van der Waals surface area (Å²) in [6.45, 7) is 4.34. The first-order valence-corrected chi connectivity index (χ1v) is 8.99. The Labute approximate surface area is 141 Å². The number of ether oxygens (including phenoxy) is 1. The van der Waals surface area contributed by atoms with Gasteiger partial charge in [-0.25, -0.2) is 0 Å². The number of sulfonamides is 1. The molecule has 2 rings (SSSR count). The number of hydrogen-bond donors (Lipinski definition) is 0. The lowest BCUT2D eigenvalue weighted by Crippen LogP contribution is -2.14. The van der Waals surface area contributed by atoms with Crippen molar-refractivity contribution in [1.29, 1.82) is 0 Å². The molecule has 4 nitrogen and oxygen atoms in total. The zero-order valence-corrected chi connectivity index (χ0v) is 14.5. The van der Waals surface area contributed by atoms with E-state index >= 15 is 0 Å². The van der Waals surface area contributed by atoms with Gasteiger partial charge in [0.2, 0.25) is 5.90 Å². The van der Waals surface area contributed by atoms with Gasteiger partial charge in [-0.2, -0.15) is 8.42 Å². The summed E-state index contributed by atoms with van der Waals surface area (Å²) in [4.78, 5) is 0.0727. The second kappa shape index (κ2) is 7.62. The van der Waals surface area contributed by atoms with Crippen LogP contribution in [0.4, 0.5) is 0 Å². The minimum Gasteiger partial charge on any atom is -0.476 e. The van der Waals surface area contributed by atoms with E-state index in [0.29, 0.717) is 17.2 Å². The zero-order chi connectivity index (χ0) is 16.9. The molecule has 0 bridgehead atoms. The first-order chi connectivity index (χ1) is 10.9. The van der Waals surface area contributed by atoms with Crippen LogP contribution in [-0.2, 0) is 14.8 Å². The maximum Gasteiger partial charge on any atom is 0.285 e. The smallest absolute Gasteiger partial charge is 0.285 e. The lowest BCUT2D eigenvalue weighted by Gasteiger charge is -2.11. The summed E-state index contributed by atoms with van der Waals surface area (Å²) in [6, 6.07) is 14.8. The highest BCUT2D eigenvalue weighted by atomic mass is 35.5. The molecule has 0 atom stereocenters. The number of halogens is 1. The van der Waals surface area contributed by atoms with Gasteiger partial charge in [0.15, 0.2) is 0 Å². The molecule has 0 unspecified atom stereocenters. The molecule has 0 aliphatic heterocycles. The van der Waals surface area contributed by atoms with E-state index in [4.69, 9.17) is 16.3 Å². The van der Waals surface area contributed by atoms with Crippen molar-refractivity contribution in [2.75, 3.05) is 6.61 Å². The SMILES string of the molecule is CC(C)CO/C(=N\S(=O)(=O)c1ccc(Cl)cc1)c1ccccc1. The highest BCUT2D eigenvalue weighted by Crippen LogP contribution is 2.18. The number of nitrogens with zero attached hydrogens (tertiary/aromatic N) is 1. The molecule has 0 N–H and O–H groups in total. The molecule has 2 aromatic carbocycles. The Morgan fingerprint density at radius 1 is 1.09 bits per heavy atom. The van der Waals surface area contributed by atoms with Crippen LogP contribution in [0, 0.1) is 5.92 Å². The average molecular weight is 352 g/mol. The van der Waals surface area contributed by atoms with Crippen molar-refractivity contribution in [3.8, 4) is 0 Å². The van der Waals surface area contributed by atoms with Crippen LogP contribution in [0.3, 0.4) is 0 Å². The molecule has 2 aromatic rings. The van der Waals surface area contributed by atoms with Crippen LogP contribution in [0.5, 0.6) is 0 Å². The predicted molar refractivity (Wildman–Crippen MR) is 92.4 cm³/mol. The van der Waals surface area contributed by atoms with Gasteiger partial charge in [0.1, 0.15) is 0 Å². The molecule has 0 saturated carbocycles. The van der Waals surface area contributed by atoms with E-state index in [1.54, 1.807) is 24.3 Å². The summed E-state index contributed by atoms with van der Waals surface area (Å²) in [7, 11) is -3.87. The van der Waals surface area contributed by atoms with Gasteiger partial charge >= 0.3 is 0 Å². The minimum atomic E-state index is -3.87. The van der Waals surface area contributed by atoms with Crippen molar-refractivity contribution in [2.24, 2.45) is 10.3 Å². The van der Waals surface area contributed by atoms with Crippen molar-refractivity contribution in [3.63, 3.8) is 0 Å². The van der Waals surface area contributed by atoms with E-state index in [0.717, 1.165) is 0 Å². The molecule has 0 amide bonds. The van der Waals surface area contributed by atoms with Crippen LogP contribution in [0.25, 0.3) is 0 Å². The van der Waals surface area contributed by atoms with E-state index in [-0.39, 0.29) is 16.7 Å². The van der Waals surface area contributed by atoms with E-state index in [1.807, 2.05) is 19.9 Å². The van der Waals surface area contributed by atoms with Crippen molar-refractivity contribution >= 4 is 27.5 Å². The Morgan fingerprint density at radius 2 is 1.70 bits per heavy atom. The third-order valence-electron chi connectivity index (χ3n) is 2.89.